The largest absolute Gasteiger partial charge is 0.336 e. The summed E-state index contributed by atoms with van der Waals surface area (Å²) in [5, 5.41) is 0. The second kappa shape index (κ2) is 6.34. The summed E-state index contributed by atoms with van der Waals surface area (Å²) >= 11 is 0. The summed E-state index contributed by atoms with van der Waals surface area (Å²) in [6.07, 6.45) is 9.15. The molecule has 1 unspecified atom stereocenters. The summed E-state index contributed by atoms with van der Waals surface area (Å²) in [4.78, 5) is 6.74. The Hall–Kier alpha value is -0.870. The summed E-state index contributed by atoms with van der Waals surface area (Å²) in [7, 11) is 2.05. The van der Waals surface area contributed by atoms with E-state index in [0.29, 0.717) is 12.6 Å². The van der Waals surface area contributed by atoms with Crippen LogP contribution < -0.4 is 5.73 Å². The molecule has 4 nitrogen and oxygen atoms in total. The van der Waals surface area contributed by atoms with Gasteiger partial charge in [-0.2, -0.15) is 0 Å². The van der Waals surface area contributed by atoms with Crippen LogP contribution in [0.3, 0.4) is 0 Å². The third kappa shape index (κ3) is 2.93. The molecule has 0 bridgehead atoms. The number of imidazole rings is 1. The maximum Gasteiger partial charge on any atom is 0.0946 e. The van der Waals surface area contributed by atoms with Gasteiger partial charge in [-0.1, -0.05) is 19.8 Å². The molecule has 0 spiro atoms. The first-order valence-corrected chi connectivity index (χ1v) is 7.16. The molecular weight excluding hydrogens is 224 g/mol. The van der Waals surface area contributed by atoms with Gasteiger partial charge in [-0.3, -0.25) is 4.90 Å². The number of nitrogens with zero attached hydrogens (tertiary/aromatic N) is 3. The first-order valence-electron chi connectivity index (χ1n) is 7.16. The lowest BCUT2D eigenvalue weighted by Crippen LogP contribution is -2.40. The molecule has 0 radical (unpaired) electrons. The minimum Gasteiger partial charge on any atom is -0.336 e. The number of piperidine rings is 1. The van der Waals surface area contributed by atoms with Gasteiger partial charge in [0.2, 0.25) is 0 Å². The summed E-state index contributed by atoms with van der Waals surface area (Å²) in [5.74, 6) is 0.927. The second-order valence-electron chi connectivity index (χ2n) is 5.45. The maximum absolute atomic E-state index is 5.97. The summed E-state index contributed by atoms with van der Waals surface area (Å²) in [5.41, 5.74) is 7.22. The van der Waals surface area contributed by atoms with Gasteiger partial charge in [0.05, 0.1) is 18.1 Å². The Balaban J connectivity index is 1.97. The van der Waals surface area contributed by atoms with Crippen LogP contribution in [0.5, 0.6) is 0 Å². The van der Waals surface area contributed by atoms with E-state index < -0.39 is 0 Å². The van der Waals surface area contributed by atoms with E-state index >= 15 is 0 Å². The van der Waals surface area contributed by atoms with Crippen LogP contribution in [-0.4, -0.2) is 34.1 Å². The maximum atomic E-state index is 5.97. The number of rotatable bonds is 5. The normalized spacial score (nSPS) is 20.2. The van der Waals surface area contributed by atoms with E-state index in [-0.39, 0.29) is 0 Å². The smallest absolute Gasteiger partial charge is 0.0946 e. The SMILES string of the molecule is CCCC1CCN(C(CN)c2cncn2C)CC1. The van der Waals surface area contributed by atoms with Crippen LogP contribution >= 0.6 is 0 Å². The number of nitrogens with two attached hydrogens (primary N) is 1. The van der Waals surface area contributed by atoms with E-state index in [2.05, 4.69) is 28.4 Å². The minimum atomic E-state index is 0.333. The average molecular weight is 250 g/mol. The Kier molecular flexibility index (Phi) is 4.78. The highest BCUT2D eigenvalue weighted by Gasteiger charge is 2.26. The third-order valence-corrected chi connectivity index (χ3v) is 4.21. The van der Waals surface area contributed by atoms with Crippen LogP contribution in [0, 0.1) is 5.92 Å². The van der Waals surface area contributed by atoms with Crippen molar-refractivity contribution in [3.05, 3.63) is 18.2 Å². The van der Waals surface area contributed by atoms with Crippen molar-refractivity contribution < 1.29 is 0 Å². The number of hydrogen-bond donors (Lipinski definition) is 1. The van der Waals surface area contributed by atoms with Crippen LogP contribution in [0.2, 0.25) is 0 Å². The predicted molar refractivity (Wildman–Crippen MR) is 74.2 cm³/mol. The molecule has 0 aromatic carbocycles. The highest BCUT2D eigenvalue weighted by Crippen LogP contribution is 2.27. The number of aryl methyl sites for hydroxylation is 1. The van der Waals surface area contributed by atoms with Crippen LogP contribution in [0.25, 0.3) is 0 Å². The van der Waals surface area contributed by atoms with E-state index in [9.17, 15) is 0 Å². The van der Waals surface area contributed by atoms with Gasteiger partial charge < -0.3 is 10.3 Å². The topological polar surface area (TPSA) is 47.1 Å². The Morgan fingerprint density at radius 3 is 2.67 bits per heavy atom. The van der Waals surface area contributed by atoms with Crippen LogP contribution in [-0.2, 0) is 7.05 Å². The standard InChI is InChI=1S/C14H26N4/c1-3-4-12-5-7-18(8-6-12)13(9-15)14-10-16-11-17(14)2/h10-13H,3-9,15H2,1-2H3. The molecule has 4 heteroatoms. The fraction of sp³-hybridized carbons (Fsp3) is 0.786. The Morgan fingerprint density at radius 1 is 1.44 bits per heavy atom. The average Bonchev–Trinajstić information content (AvgIpc) is 2.79. The molecule has 18 heavy (non-hydrogen) atoms. The van der Waals surface area contributed by atoms with Crippen molar-refractivity contribution >= 4 is 0 Å². The lowest BCUT2D eigenvalue weighted by Gasteiger charge is -2.37. The van der Waals surface area contributed by atoms with E-state index in [1.165, 1.54) is 44.5 Å². The Labute approximate surface area is 110 Å². The fourth-order valence-corrected chi connectivity index (χ4v) is 3.11. The van der Waals surface area contributed by atoms with Crippen molar-refractivity contribution in [1.82, 2.24) is 14.5 Å². The molecule has 102 valence electrons. The van der Waals surface area contributed by atoms with Crippen molar-refractivity contribution in [2.45, 2.75) is 38.6 Å². The van der Waals surface area contributed by atoms with Gasteiger partial charge in [-0.05, 0) is 31.8 Å². The molecule has 1 aliphatic rings. The molecule has 0 aliphatic carbocycles. The van der Waals surface area contributed by atoms with Crippen molar-refractivity contribution in [3.63, 3.8) is 0 Å². The van der Waals surface area contributed by atoms with Gasteiger partial charge in [0, 0.05) is 19.8 Å². The molecule has 2 rings (SSSR count). The molecule has 1 atom stereocenters. The summed E-state index contributed by atoms with van der Waals surface area (Å²) < 4.78 is 2.09. The first-order chi connectivity index (χ1) is 8.76. The molecule has 1 aromatic heterocycles. The molecule has 1 saturated heterocycles. The summed E-state index contributed by atoms with van der Waals surface area (Å²) in [6, 6.07) is 0.333. The van der Waals surface area contributed by atoms with Gasteiger partial charge in [-0.15, -0.1) is 0 Å². The van der Waals surface area contributed by atoms with Crippen molar-refractivity contribution in [2.24, 2.45) is 18.7 Å². The zero-order valence-electron chi connectivity index (χ0n) is 11.7. The van der Waals surface area contributed by atoms with Gasteiger partial charge >= 0.3 is 0 Å². The molecule has 1 aromatic rings. The molecule has 0 saturated carbocycles. The highest BCUT2D eigenvalue weighted by atomic mass is 15.2. The Morgan fingerprint density at radius 2 is 2.17 bits per heavy atom. The van der Waals surface area contributed by atoms with Crippen LogP contribution in [0.15, 0.2) is 12.5 Å². The van der Waals surface area contributed by atoms with Gasteiger partial charge in [-0.25, -0.2) is 4.98 Å². The highest BCUT2D eigenvalue weighted by molar-refractivity contribution is 5.06. The van der Waals surface area contributed by atoms with Gasteiger partial charge in [0.25, 0.3) is 0 Å². The monoisotopic (exact) mass is 250 g/mol. The third-order valence-electron chi connectivity index (χ3n) is 4.21. The zero-order chi connectivity index (χ0) is 13.0. The van der Waals surface area contributed by atoms with E-state index in [4.69, 9.17) is 5.73 Å². The van der Waals surface area contributed by atoms with Crippen molar-refractivity contribution in [3.8, 4) is 0 Å². The quantitative estimate of drug-likeness (QED) is 0.868. The second-order valence-corrected chi connectivity index (χ2v) is 5.45. The zero-order valence-corrected chi connectivity index (χ0v) is 11.7. The molecule has 2 heterocycles. The van der Waals surface area contributed by atoms with E-state index in [0.717, 1.165) is 5.92 Å². The predicted octanol–water partition coefficient (Wildman–Crippen LogP) is 1.93. The van der Waals surface area contributed by atoms with Gasteiger partial charge in [0.15, 0.2) is 0 Å². The number of aromatic nitrogens is 2. The van der Waals surface area contributed by atoms with E-state index in [1.807, 2.05) is 12.5 Å². The van der Waals surface area contributed by atoms with Crippen molar-refractivity contribution in [1.29, 1.82) is 0 Å². The number of hydrogen-bond acceptors (Lipinski definition) is 3. The fourth-order valence-electron chi connectivity index (χ4n) is 3.11. The lowest BCUT2D eigenvalue weighted by molar-refractivity contribution is 0.128. The molecule has 2 N–H and O–H groups in total. The van der Waals surface area contributed by atoms with Crippen molar-refractivity contribution in [2.75, 3.05) is 19.6 Å². The first kappa shape index (κ1) is 13.6. The number of likely N-dealkylation sites (tertiary alicyclic amines) is 1. The summed E-state index contributed by atoms with van der Waals surface area (Å²) in [6.45, 7) is 5.32. The van der Waals surface area contributed by atoms with Crippen LogP contribution in [0.1, 0.15) is 44.3 Å². The minimum absolute atomic E-state index is 0.333. The molecule has 1 fully saturated rings. The van der Waals surface area contributed by atoms with Crippen LogP contribution in [0.4, 0.5) is 0 Å². The van der Waals surface area contributed by atoms with E-state index in [1.54, 1.807) is 0 Å². The van der Waals surface area contributed by atoms with Gasteiger partial charge in [0.1, 0.15) is 0 Å². The lowest BCUT2D eigenvalue weighted by atomic mass is 9.91. The Bertz CT molecular complexity index is 352. The molecular formula is C14H26N4. The molecule has 0 amide bonds. The molecule has 1 aliphatic heterocycles.